The minimum Gasteiger partial charge on any atom is -0.242 e. The molecule has 2 atom stereocenters. The first-order valence-electron chi connectivity index (χ1n) is 7.02. The molecule has 1 aromatic carbocycles. The van der Waals surface area contributed by atoms with Crippen molar-refractivity contribution in [1.82, 2.24) is 4.72 Å². The van der Waals surface area contributed by atoms with Crippen LogP contribution in [0.25, 0.3) is 6.08 Å². The molecule has 1 aromatic rings. The summed E-state index contributed by atoms with van der Waals surface area (Å²) in [6, 6.07) is 10.2. The Bertz CT molecular complexity index is 466. The van der Waals surface area contributed by atoms with E-state index in [4.69, 9.17) is 0 Å². The molecule has 1 N–H and O–H groups in total. The van der Waals surface area contributed by atoms with Crippen LogP contribution >= 0.6 is 0 Å². The van der Waals surface area contributed by atoms with Crippen LogP contribution < -0.4 is 4.72 Å². The van der Waals surface area contributed by atoms with Crippen LogP contribution in [0.4, 0.5) is 0 Å². The van der Waals surface area contributed by atoms with Crippen LogP contribution in [0.3, 0.4) is 0 Å². The summed E-state index contributed by atoms with van der Waals surface area (Å²) in [6.45, 7) is 12.4. The van der Waals surface area contributed by atoms with E-state index in [-0.39, 0.29) is 16.2 Å². The van der Waals surface area contributed by atoms with Gasteiger partial charge in [0, 0.05) is 6.04 Å². The van der Waals surface area contributed by atoms with Crippen LogP contribution in [-0.2, 0) is 11.0 Å². The van der Waals surface area contributed by atoms with Gasteiger partial charge in [-0.1, -0.05) is 63.3 Å². The smallest absolute Gasteiger partial charge is 0.0975 e. The van der Waals surface area contributed by atoms with Crippen LogP contribution in [0, 0.1) is 5.41 Å². The fourth-order valence-corrected chi connectivity index (χ4v) is 2.58. The fraction of sp³-hybridized carbons (Fsp3) is 0.529. The average molecular weight is 293 g/mol. The quantitative estimate of drug-likeness (QED) is 0.887. The molecule has 0 unspecified atom stereocenters. The number of nitrogens with one attached hydrogen (secondary N) is 1. The van der Waals surface area contributed by atoms with Crippen molar-refractivity contribution in [1.29, 1.82) is 0 Å². The second kappa shape index (κ2) is 6.68. The van der Waals surface area contributed by atoms with E-state index in [9.17, 15) is 4.21 Å². The molecule has 0 aliphatic heterocycles. The van der Waals surface area contributed by atoms with Crippen molar-refractivity contribution < 1.29 is 4.21 Å². The summed E-state index contributed by atoms with van der Waals surface area (Å²) in [5.74, 6) is 0. The van der Waals surface area contributed by atoms with E-state index in [0.717, 1.165) is 5.56 Å². The lowest BCUT2D eigenvalue weighted by atomic mass is 9.87. The zero-order chi connectivity index (χ0) is 15.4. The van der Waals surface area contributed by atoms with Gasteiger partial charge in [-0.25, -0.2) is 8.93 Å². The van der Waals surface area contributed by atoms with Gasteiger partial charge in [-0.2, -0.15) is 0 Å². The van der Waals surface area contributed by atoms with E-state index in [1.165, 1.54) is 0 Å². The van der Waals surface area contributed by atoms with Crippen molar-refractivity contribution in [2.24, 2.45) is 5.41 Å². The zero-order valence-corrected chi connectivity index (χ0v) is 14.3. The lowest BCUT2D eigenvalue weighted by molar-refractivity contribution is 0.348. The zero-order valence-electron chi connectivity index (χ0n) is 13.4. The van der Waals surface area contributed by atoms with Gasteiger partial charge in [0.2, 0.25) is 0 Å². The molecule has 0 bridgehead atoms. The van der Waals surface area contributed by atoms with Crippen LogP contribution in [0.5, 0.6) is 0 Å². The molecule has 112 valence electrons. The highest BCUT2D eigenvalue weighted by Crippen LogP contribution is 2.23. The van der Waals surface area contributed by atoms with E-state index in [0.29, 0.717) is 0 Å². The fourth-order valence-electron chi connectivity index (χ4n) is 1.57. The van der Waals surface area contributed by atoms with E-state index >= 15 is 0 Å². The Kier molecular flexibility index (Phi) is 5.72. The summed E-state index contributed by atoms with van der Waals surface area (Å²) >= 11 is 0. The van der Waals surface area contributed by atoms with Crippen LogP contribution in [0.1, 0.15) is 47.1 Å². The maximum atomic E-state index is 12.3. The largest absolute Gasteiger partial charge is 0.242 e. The van der Waals surface area contributed by atoms with Gasteiger partial charge in [0.25, 0.3) is 0 Å². The van der Waals surface area contributed by atoms with Gasteiger partial charge < -0.3 is 0 Å². The highest BCUT2D eigenvalue weighted by atomic mass is 32.2. The van der Waals surface area contributed by atoms with Crippen LogP contribution in [0.15, 0.2) is 36.4 Å². The lowest BCUT2D eigenvalue weighted by Gasteiger charge is -2.31. The molecular formula is C17H27NOS. The van der Waals surface area contributed by atoms with Crippen LogP contribution in [0.2, 0.25) is 0 Å². The Hall–Kier alpha value is -0.930. The Morgan fingerprint density at radius 2 is 1.60 bits per heavy atom. The van der Waals surface area contributed by atoms with Gasteiger partial charge in [0.05, 0.1) is 15.7 Å². The SMILES string of the molecule is CC(C)(C)[C@@H](/C=C/c1ccccc1)N[S@](=O)C(C)(C)C. The molecule has 0 heterocycles. The molecule has 0 amide bonds. The number of benzene rings is 1. The molecule has 1 rings (SSSR count). The summed E-state index contributed by atoms with van der Waals surface area (Å²) in [5, 5.41) is 0. The standard InChI is InChI=1S/C17H27NOS/c1-16(2,3)15(18-20(19)17(4,5)6)13-12-14-10-8-7-9-11-14/h7-13,15,18H,1-6H3/b13-12+/t15-,20-/m1/s1. The maximum Gasteiger partial charge on any atom is 0.0975 e. The molecule has 0 radical (unpaired) electrons. The first-order valence-corrected chi connectivity index (χ1v) is 8.17. The monoisotopic (exact) mass is 293 g/mol. The Morgan fingerprint density at radius 1 is 1.05 bits per heavy atom. The third kappa shape index (κ3) is 5.59. The Labute approximate surface area is 126 Å². The van der Waals surface area contributed by atoms with Crippen molar-refractivity contribution in [2.45, 2.75) is 52.3 Å². The lowest BCUT2D eigenvalue weighted by Crippen LogP contribution is -2.45. The Balaban J connectivity index is 2.87. The molecule has 0 aromatic heterocycles. The van der Waals surface area contributed by atoms with Crippen molar-refractivity contribution in [3.05, 3.63) is 42.0 Å². The molecular weight excluding hydrogens is 266 g/mol. The second-order valence-electron chi connectivity index (χ2n) is 7.11. The summed E-state index contributed by atoms with van der Waals surface area (Å²) < 4.78 is 15.3. The molecule has 0 saturated heterocycles. The third-order valence-electron chi connectivity index (χ3n) is 3.00. The third-order valence-corrected chi connectivity index (χ3v) is 4.58. The molecule has 0 fully saturated rings. The van der Waals surface area contributed by atoms with E-state index in [1.807, 2.05) is 39.0 Å². The predicted octanol–water partition coefficient (Wildman–Crippen LogP) is 4.17. The molecule has 0 aliphatic carbocycles. The van der Waals surface area contributed by atoms with Crippen molar-refractivity contribution in [3.63, 3.8) is 0 Å². The first kappa shape index (κ1) is 17.1. The van der Waals surface area contributed by atoms with Gasteiger partial charge in [-0.3, -0.25) is 0 Å². The first-order chi connectivity index (χ1) is 9.10. The molecule has 0 saturated carbocycles. The topological polar surface area (TPSA) is 29.1 Å². The summed E-state index contributed by atoms with van der Waals surface area (Å²) in [6.07, 6.45) is 4.20. The minimum absolute atomic E-state index is 0.00614. The molecule has 20 heavy (non-hydrogen) atoms. The highest BCUT2D eigenvalue weighted by Gasteiger charge is 2.28. The van der Waals surface area contributed by atoms with Gasteiger partial charge in [-0.15, -0.1) is 0 Å². The van der Waals surface area contributed by atoms with Crippen molar-refractivity contribution >= 4 is 17.1 Å². The molecule has 0 aliphatic rings. The number of rotatable bonds is 4. The molecule has 0 spiro atoms. The number of hydrogen-bond donors (Lipinski definition) is 1. The maximum absolute atomic E-state index is 12.3. The number of hydrogen-bond acceptors (Lipinski definition) is 1. The summed E-state index contributed by atoms with van der Waals surface area (Å²) in [4.78, 5) is 0. The van der Waals surface area contributed by atoms with E-state index < -0.39 is 11.0 Å². The Morgan fingerprint density at radius 3 is 2.05 bits per heavy atom. The van der Waals surface area contributed by atoms with E-state index in [2.05, 4.69) is 49.8 Å². The normalized spacial score (nSPS) is 16.3. The second-order valence-corrected chi connectivity index (χ2v) is 9.11. The van der Waals surface area contributed by atoms with Crippen molar-refractivity contribution in [3.8, 4) is 0 Å². The van der Waals surface area contributed by atoms with Gasteiger partial charge in [0.1, 0.15) is 0 Å². The van der Waals surface area contributed by atoms with Crippen molar-refractivity contribution in [2.75, 3.05) is 0 Å². The summed E-state index contributed by atoms with van der Waals surface area (Å²) in [5.41, 5.74) is 1.16. The van der Waals surface area contributed by atoms with Gasteiger partial charge >= 0.3 is 0 Å². The minimum atomic E-state index is -1.07. The average Bonchev–Trinajstić information content (AvgIpc) is 2.32. The highest BCUT2D eigenvalue weighted by molar-refractivity contribution is 7.84. The van der Waals surface area contributed by atoms with Crippen LogP contribution in [-0.4, -0.2) is 15.0 Å². The van der Waals surface area contributed by atoms with Gasteiger partial charge in [0.15, 0.2) is 0 Å². The summed E-state index contributed by atoms with van der Waals surface area (Å²) in [7, 11) is -1.07. The predicted molar refractivity (Wildman–Crippen MR) is 89.8 cm³/mol. The molecule has 3 heteroatoms. The molecule has 2 nitrogen and oxygen atoms in total. The van der Waals surface area contributed by atoms with Gasteiger partial charge in [-0.05, 0) is 31.7 Å². The van der Waals surface area contributed by atoms with E-state index in [1.54, 1.807) is 0 Å².